The average Bonchev–Trinajstić information content (AvgIpc) is 3.01. The molecule has 40 heavy (non-hydrogen) atoms. The summed E-state index contributed by atoms with van der Waals surface area (Å²) >= 11 is 0. The maximum Gasteiger partial charge on any atom is 0.435 e. The van der Waals surface area contributed by atoms with Crippen LogP contribution in [0.15, 0.2) is 141 Å². The molecule has 0 heterocycles. The second kappa shape index (κ2) is 14.7. The number of hydrogen-bond acceptors (Lipinski definition) is 3. The molecule has 0 fully saturated rings. The third-order valence-electron chi connectivity index (χ3n) is 5.49. The van der Waals surface area contributed by atoms with E-state index in [-0.39, 0.29) is 12.4 Å². The van der Waals surface area contributed by atoms with Gasteiger partial charge in [-0.25, -0.2) is 14.8 Å². The Labute approximate surface area is 234 Å². The summed E-state index contributed by atoms with van der Waals surface area (Å²) in [6.45, 7) is 4.27. The van der Waals surface area contributed by atoms with Crippen LogP contribution in [0.1, 0.15) is 36.1 Å². The van der Waals surface area contributed by atoms with E-state index >= 15 is 0 Å². The molecular formula is C33H30N4O3. The fourth-order valence-corrected chi connectivity index (χ4v) is 3.66. The second-order valence-corrected chi connectivity index (χ2v) is 8.32. The first-order valence-corrected chi connectivity index (χ1v) is 13.0. The maximum atomic E-state index is 12.4. The van der Waals surface area contributed by atoms with E-state index in [2.05, 4.69) is 4.99 Å². The number of amidine groups is 3. The van der Waals surface area contributed by atoms with Gasteiger partial charge in [-0.1, -0.05) is 109 Å². The third-order valence-corrected chi connectivity index (χ3v) is 5.49. The molecule has 0 bridgehead atoms. The van der Waals surface area contributed by atoms with Crippen molar-refractivity contribution in [1.29, 1.82) is 0 Å². The molecule has 4 aromatic rings. The SMILES string of the molecule is CCOC(=O)/N=C(\N=C(N=C(N=C(OCC)c1ccccc1)c1ccccc1)c1ccccc1)c1ccccc1. The van der Waals surface area contributed by atoms with E-state index in [4.69, 9.17) is 24.5 Å². The number of nitrogens with zero attached hydrogens (tertiary/aromatic N) is 4. The molecule has 4 aromatic carbocycles. The summed E-state index contributed by atoms with van der Waals surface area (Å²) in [5.74, 6) is 1.31. The molecule has 0 radical (unpaired) electrons. The van der Waals surface area contributed by atoms with Crippen molar-refractivity contribution < 1.29 is 14.3 Å². The molecule has 4 rings (SSSR count). The van der Waals surface area contributed by atoms with E-state index in [0.717, 1.165) is 16.7 Å². The first-order valence-electron chi connectivity index (χ1n) is 13.0. The van der Waals surface area contributed by atoms with Crippen LogP contribution in [0.4, 0.5) is 4.79 Å². The highest BCUT2D eigenvalue weighted by Gasteiger charge is 2.14. The van der Waals surface area contributed by atoms with Crippen molar-refractivity contribution in [3.05, 3.63) is 144 Å². The van der Waals surface area contributed by atoms with Crippen molar-refractivity contribution in [1.82, 2.24) is 0 Å². The zero-order chi connectivity index (χ0) is 28.0. The minimum Gasteiger partial charge on any atom is -0.477 e. The molecule has 0 aliphatic carbocycles. The number of ether oxygens (including phenoxy) is 2. The molecule has 7 heteroatoms. The van der Waals surface area contributed by atoms with Gasteiger partial charge in [0.25, 0.3) is 0 Å². The number of rotatable bonds is 6. The van der Waals surface area contributed by atoms with Crippen LogP contribution >= 0.6 is 0 Å². The van der Waals surface area contributed by atoms with Gasteiger partial charge in [-0.2, -0.15) is 9.98 Å². The van der Waals surface area contributed by atoms with Gasteiger partial charge in [0.2, 0.25) is 5.90 Å². The van der Waals surface area contributed by atoms with Crippen molar-refractivity contribution in [3.8, 4) is 0 Å². The molecule has 0 aliphatic heterocycles. The third kappa shape index (κ3) is 7.91. The number of carbonyl (C=O) groups excluding carboxylic acids is 1. The summed E-state index contributed by atoms with van der Waals surface area (Å²) in [6.07, 6.45) is -0.731. The fraction of sp³-hybridized carbons (Fsp3) is 0.121. The Bertz CT molecular complexity index is 1500. The lowest BCUT2D eigenvalue weighted by atomic mass is 10.1. The van der Waals surface area contributed by atoms with Gasteiger partial charge in [-0.15, -0.1) is 0 Å². The Kier molecular flexibility index (Phi) is 10.2. The molecule has 0 aliphatic rings. The molecule has 200 valence electrons. The predicted molar refractivity (Wildman–Crippen MR) is 161 cm³/mol. The average molecular weight is 531 g/mol. The van der Waals surface area contributed by atoms with Crippen LogP contribution in [-0.4, -0.2) is 42.7 Å². The van der Waals surface area contributed by atoms with Gasteiger partial charge >= 0.3 is 6.09 Å². The largest absolute Gasteiger partial charge is 0.477 e. The zero-order valence-corrected chi connectivity index (χ0v) is 22.5. The molecule has 0 saturated carbocycles. The van der Waals surface area contributed by atoms with Gasteiger partial charge in [0.1, 0.15) is 0 Å². The molecule has 0 unspecified atom stereocenters. The van der Waals surface area contributed by atoms with Crippen LogP contribution in [0.5, 0.6) is 0 Å². The van der Waals surface area contributed by atoms with E-state index in [1.54, 1.807) is 6.92 Å². The van der Waals surface area contributed by atoms with Crippen LogP contribution in [0.2, 0.25) is 0 Å². The quantitative estimate of drug-likeness (QED) is 0.199. The highest BCUT2D eigenvalue weighted by Crippen LogP contribution is 2.13. The topological polar surface area (TPSA) is 85.0 Å². The Balaban J connectivity index is 1.95. The first kappa shape index (κ1) is 27.9. The maximum absolute atomic E-state index is 12.4. The summed E-state index contributed by atoms with van der Waals surface area (Å²) in [6, 6.07) is 38.0. The molecule has 7 nitrogen and oxygen atoms in total. The van der Waals surface area contributed by atoms with E-state index in [9.17, 15) is 4.79 Å². The molecular weight excluding hydrogens is 500 g/mol. The standard InChI is InChI=1S/C33H30N4O3/c1-3-39-32(28-23-15-8-16-24-28)36-30(26-19-11-6-12-20-26)34-29(25-17-9-5-10-18-25)35-31(37-33(38)40-4-2)27-21-13-7-14-22-27/h5-24H,3-4H2,1-2H3/b34-30?,35-29?,36-32?,37-31-. The molecule has 0 spiro atoms. The number of amides is 1. The van der Waals surface area contributed by atoms with Gasteiger partial charge in [0.15, 0.2) is 17.5 Å². The Morgan fingerprint density at radius 1 is 0.475 bits per heavy atom. The minimum atomic E-state index is -0.731. The van der Waals surface area contributed by atoms with E-state index < -0.39 is 6.09 Å². The van der Waals surface area contributed by atoms with E-state index in [0.29, 0.717) is 29.7 Å². The lowest BCUT2D eigenvalue weighted by Crippen LogP contribution is -2.14. The Morgan fingerprint density at radius 2 is 0.825 bits per heavy atom. The van der Waals surface area contributed by atoms with E-state index in [1.807, 2.05) is 128 Å². The van der Waals surface area contributed by atoms with Crippen molar-refractivity contribution in [2.45, 2.75) is 13.8 Å². The smallest absolute Gasteiger partial charge is 0.435 e. The summed E-state index contributed by atoms with van der Waals surface area (Å²) in [5, 5.41) is 0. The lowest BCUT2D eigenvalue weighted by molar-refractivity contribution is 0.163. The van der Waals surface area contributed by atoms with Crippen molar-refractivity contribution >= 4 is 29.5 Å². The summed E-state index contributed by atoms with van der Waals surface area (Å²) in [5.41, 5.74) is 2.95. The molecule has 0 aromatic heterocycles. The van der Waals surface area contributed by atoms with Crippen LogP contribution < -0.4 is 0 Å². The Hall–Kier alpha value is -5.17. The predicted octanol–water partition coefficient (Wildman–Crippen LogP) is 6.97. The van der Waals surface area contributed by atoms with Gasteiger partial charge in [-0.05, 0) is 26.0 Å². The monoisotopic (exact) mass is 530 g/mol. The highest BCUT2D eigenvalue weighted by atomic mass is 16.5. The molecule has 1 amide bonds. The molecule has 0 N–H and O–H groups in total. The van der Waals surface area contributed by atoms with Crippen molar-refractivity contribution in [2.24, 2.45) is 20.0 Å². The summed E-state index contributed by atoms with van der Waals surface area (Å²) in [7, 11) is 0. The Morgan fingerprint density at radius 3 is 1.23 bits per heavy atom. The number of benzene rings is 4. The molecule has 0 atom stereocenters. The lowest BCUT2D eigenvalue weighted by Gasteiger charge is -2.11. The van der Waals surface area contributed by atoms with Crippen LogP contribution in [0.3, 0.4) is 0 Å². The van der Waals surface area contributed by atoms with Crippen molar-refractivity contribution in [3.63, 3.8) is 0 Å². The van der Waals surface area contributed by atoms with Gasteiger partial charge in [0, 0.05) is 22.3 Å². The van der Waals surface area contributed by atoms with Crippen molar-refractivity contribution in [2.75, 3.05) is 13.2 Å². The summed E-state index contributed by atoms with van der Waals surface area (Å²) < 4.78 is 11.0. The zero-order valence-electron chi connectivity index (χ0n) is 22.5. The van der Waals surface area contributed by atoms with Gasteiger partial charge < -0.3 is 9.47 Å². The summed E-state index contributed by atoms with van der Waals surface area (Å²) in [4.78, 5) is 31.2. The van der Waals surface area contributed by atoms with E-state index in [1.165, 1.54) is 0 Å². The first-order chi connectivity index (χ1) is 19.7. The van der Waals surface area contributed by atoms with Crippen LogP contribution in [-0.2, 0) is 9.47 Å². The van der Waals surface area contributed by atoms with Crippen LogP contribution in [0.25, 0.3) is 0 Å². The molecule has 0 saturated heterocycles. The normalized spacial score (nSPS) is 12.7. The van der Waals surface area contributed by atoms with Crippen LogP contribution in [0, 0.1) is 0 Å². The highest BCUT2D eigenvalue weighted by molar-refractivity contribution is 6.19. The second-order valence-electron chi connectivity index (χ2n) is 8.32. The fourth-order valence-electron chi connectivity index (χ4n) is 3.66. The van der Waals surface area contributed by atoms with Gasteiger partial charge in [-0.3, -0.25) is 0 Å². The number of carbonyl (C=O) groups is 1. The number of hydrogen-bond donors (Lipinski definition) is 0. The number of aliphatic imine (C=N–C) groups is 4. The van der Waals surface area contributed by atoms with Gasteiger partial charge in [0.05, 0.1) is 13.2 Å². The minimum absolute atomic E-state index is 0.172.